The predicted molar refractivity (Wildman–Crippen MR) is 49.3 cm³/mol. The van der Waals surface area contributed by atoms with Crippen LogP contribution in [0.5, 0.6) is 0 Å². The number of nitrogens with zero attached hydrogens (tertiary/aromatic N) is 1. The Balaban J connectivity index is 2.81. The number of hydrogen-bond acceptors (Lipinski definition) is 1. The lowest BCUT2D eigenvalue weighted by Gasteiger charge is -2.44. The fourth-order valence-corrected chi connectivity index (χ4v) is 1.66. The molecule has 0 spiro atoms. The van der Waals surface area contributed by atoms with Gasteiger partial charge >= 0.3 is 0 Å². The molecular formula is C10H19N. The second-order valence-corrected chi connectivity index (χ2v) is 4.28. The number of hydrogen-bond donors (Lipinski definition) is 0. The highest BCUT2D eigenvalue weighted by Crippen LogP contribution is 2.40. The van der Waals surface area contributed by atoms with Crippen LogP contribution in [0.4, 0.5) is 0 Å². The molecule has 1 aliphatic heterocycles. The van der Waals surface area contributed by atoms with Crippen LogP contribution in [-0.4, -0.2) is 18.5 Å². The van der Waals surface area contributed by atoms with E-state index in [1.807, 2.05) is 0 Å². The van der Waals surface area contributed by atoms with Gasteiger partial charge in [0, 0.05) is 24.7 Å². The highest BCUT2D eigenvalue weighted by molar-refractivity contribution is 5.10. The normalized spacial score (nSPS) is 30.7. The standard InChI is InChI=1S/C10H19N/c1-8-6-7-11(5)9(2)10(8,3)4/h8H,2,6-7H2,1,3-5H3. The van der Waals surface area contributed by atoms with Crippen molar-refractivity contribution in [2.75, 3.05) is 13.6 Å². The topological polar surface area (TPSA) is 3.24 Å². The Morgan fingerprint density at radius 2 is 2.09 bits per heavy atom. The van der Waals surface area contributed by atoms with E-state index in [2.05, 4.69) is 39.3 Å². The van der Waals surface area contributed by atoms with Gasteiger partial charge in [-0.3, -0.25) is 0 Å². The van der Waals surface area contributed by atoms with Gasteiger partial charge in [0.25, 0.3) is 0 Å². The molecule has 0 radical (unpaired) electrons. The lowest BCUT2D eigenvalue weighted by molar-refractivity contribution is 0.145. The zero-order valence-corrected chi connectivity index (χ0v) is 8.15. The molecule has 1 heteroatoms. The predicted octanol–water partition coefficient (Wildman–Crippen LogP) is 2.50. The van der Waals surface area contributed by atoms with Crippen molar-refractivity contribution in [3.63, 3.8) is 0 Å². The summed E-state index contributed by atoms with van der Waals surface area (Å²) in [6.07, 6.45) is 1.29. The van der Waals surface area contributed by atoms with Crippen molar-refractivity contribution in [1.29, 1.82) is 0 Å². The highest BCUT2D eigenvalue weighted by atomic mass is 15.1. The van der Waals surface area contributed by atoms with E-state index < -0.39 is 0 Å². The molecule has 0 bridgehead atoms. The molecule has 1 unspecified atom stereocenters. The molecule has 0 aliphatic carbocycles. The number of likely N-dealkylation sites (tertiary alicyclic amines) is 1. The molecule has 1 rings (SSSR count). The number of allylic oxidation sites excluding steroid dienone is 1. The van der Waals surface area contributed by atoms with E-state index in [4.69, 9.17) is 0 Å². The molecule has 0 saturated carbocycles. The molecule has 0 aromatic carbocycles. The average molecular weight is 153 g/mol. The van der Waals surface area contributed by atoms with Crippen molar-refractivity contribution in [1.82, 2.24) is 4.90 Å². The minimum atomic E-state index is 0.299. The van der Waals surface area contributed by atoms with Gasteiger partial charge in [-0.15, -0.1) is 0 Å². The molecule has 1 fully saturated rings. The molecule has 0 aromatic heterocycles. The van der Waals surface area contributed by atoms with Crippen molar-refractivity contribution in [2.45, 2.75) is 27.2 Å². The summed E-state index contributed by atoms with van der Waals surface area (Å²) in [4.78, 5) is 2.28. The van der Waals surface area contributed by atoms with Crippen LogP contribution in [0.2, 0.25) is 0 Å². The van der Waals surface area contributed by atoms with E-state index in [9.17, 15) is 0 Å². The minimum absolute atomic E-state index is 0.299. The minimum Gasteiger partial charge on any atom is -0.378 e. The second kappa shape index (κ2) is 2.54. The number of rotatable bonds is 0. The molecule has 1 heterocycles. The fraction of sp³-hybridized carbons (Fsp3) is 0.800. The third-order valence-corrected chi connectivity index (χ3v) is 3.33. The van der Waals surface area contributed by atoms with Crippen LogP contribution in [0.1, 0.15) is 27.2 Å². The van der Waals surface area contributed by atoms with Gasteiger partial charge in [0.2, 0.25) is 0 Å². The first-order valence-electron chi connectivity index (χ1n) is 4.36. The summed E-state index contributed by atoms with van der Waals surface area (Å²) < 4.78 is 0. The fourth-order valence-electron chi connectivity index (χ4n) is 1.66. The van der Waals surface area contributed by atoms with E-state index in [0.29, 0.717) is 5.41 Å². The Morgan fingerprint density at radius 1 is 1.55 bits per heavy atom. The zero-order chi connectivity index (χ0) is 8.65. The summed E-state index contributed by atoms with van der Waals surface area (Å²) in [5, 5.41) is 0. The first-order chi connectivity index (χ1) is 4.96. The van der Waals surface area contributed by atoms with Crippen LogP contribution in [0, 0.1) is 11.3 Å². The Morgan fingerprint density at radius 3 is 2.55 bits per heavy atom. The third-order valence-electron chi connectivity index (χ3n) is 3.33. The summed E-state index contributed by atoms with van der Waals surface area (Å²) in [6.45, 7) is 12.2. The van der Waals surface area contributed by atoms with Gasteiger partial charge in [0.1, 0.15) is 0 Å². The molecule has 0 amide bonds. The third kappa shape index (κ3) is 1.29. The van der Waals surface area contributed by atoms with Crippen LogP contribution in [0.25, 0.3) is 0 Å². The summed E-state index contributed by atoms with van der Waals surface area (Å²) in [7, 11) is 2.13. The largest absolute Gasteiger partial charge is 0.378 e. The zero-order valence-electron chi connectivity index (χ0n) is 8.15. The summed E-state index contributed by atoms with van der Waals surface area (Å²) in [6, 6.07) is 0. The lowest BCUT2D eigenvalue weighted by atomic mass is 9.73. The molecule has 64 valence electrons. The van der Waals surface area contributed by atoms with E-state index in [1.54, 1.807) is 0 Å². The molecule has 0 aromatic rings. The van der Waals surface area contributed by atoms with Gasteiger partial charge in [0.15, 0.2) is 0 Å². The van der Waals surface area contributed by atoms with Gasteiger partial charge in [-0.2, -0.15) is 0 Å². The summed E-state index contributed by atoms with van der Waals surface area (Å²) in [5.74, 6) is 0.770. The van der Waals surface area contributed by atoms with Crippen molar-refractivity contribution < 1.29 is 0 Å². The van der Waals surface area contributed by atoms with Gasteiger partial charge in [-0.05, 0) is 12.3 Å². The van der Waals surface area contributed by atoms with Gasteiger partial charge in [-0.1, -0.05) is 27.4 Å². The van der Waals surface area contributed by atoms with Crippen LogP contribution in [-0.2, 0) is 0 Å². The Bertz CT molecular complexity index is 170. The van der Waals surface area contributed by atoms with E-state index in [0.717, 1.165) is 5.92 Å². The SMILES string of the molecule is C=C1N(C)CCC(C)C1(C)C. The summed E-state index contributed by atoms with van der Waals surface area (Å²) in [5.41, 5.74) is 1.59. The van der Waals surface area contributed by atoms with Crippen LogP contribution < -0.4 is 0 Å². The Labute approximate surface area is 70.1 Å². The lowest BCUT2D eigenvalue weighted by Crippen LogP contribution is -2.40. The second-order valence-electron chi connectivity index (χ2n) is 4.28. The maximum absolute atomic E-state index is 4.12. The van der Waals surface area contributed by atoms with Crippen LogP contribution in [0.3, 0.4) is 0 Å². The quantitative estimate of drug-likeness (QED) is 0.517. The molecule has 11 heavy (non-hydrogen) atoms. The van der Waals surface area contributed by atoms with Gasteiger partial charge in [-0.25, -0.2) is 0 Å². The van der Waals surface area contributed by atoms with Crippen molar-refractivity contribution in [3.8, 4) is 0 Å². The molecule has 0 N–H and O–H groups in total. The van der Waals surface area contributed by atoms with E-state index >= 15 is 0 Å². The van der Waals surface area contributed by atoms with Crippen LogP contribution >= 0.6 is 0 Å². The molecule has 1 saturated heterocycles. The summed E-state index contributed by atoms with van der Waals surface area (Å²) >= 11 is 0. The van der Waals surface area contributed by atoms with Crippen LogP contribution in [0.15, 0.2) is 12.3 Å². The van der Waals surface area contributed by atoms with E-state index in [1.165, 1.54) is 18.7 Å². The first kappa shape index (κ1) is 8.63. The Kier molecular flexibility index (Phi) is 2.00. The molecular weight excluding hydrogens is 134 g/mol. The molecule has 1 nitrogen and oxygen atoms in total. The monoisotopic (exact) mass is 153 g/mol. The maximum atomic E-state index is 4.12. The first-order valence-corrected chi connectivity index (χ1v) is 4.36. The maximum Gasteiger partial charge on any atom is 0.0174 e. The molecule has 1 atom stereocenters. The number of piperidine rings is 1. The van der Waals surface area contributed by atoms with Crippen molar-refractivity contribution in [2.24, 2.45) is 11.3 Å². The van der Waals surface area contributed by atoms with E-state index in [-0.39, 0.29) is 0 Å². The van der Waals surface area contributed by atoms with Crippen molar-refractivity contribution in [3.05, 3.63) is 12.3 Å². The highest BCUT2D eigenvalue weighted by Gasteiger charge is 2.34. The average Bonchev–Trinajstić information content (AvgIpc) is 1.95. The molecule has 1 aliphatic rings. The van der Waals surface area contributed by atoms with Gasteiger partial charge < -0.3 is 4.90 Å². The Hall–Kier alpha value is -0.460. The van der Waals surface area contributed by atoms with Crippen molar-refractivity contribution >= 4 is 0 Å². The van der Waals surface area contributed by atoms with Gasteiger partial charge in [0.05, 0.1) is 0 Å². The smallest absolute Gasteiger partial charge is 0.0174 e.